The van der Waals surface area contributed by atoms with E-state index in [1.165, 1.54) is 0 Å². The van der Waals surface area contributed by atoms with Crippen molar-refractivity contribution in [2.45, 2.75) is 31.0 Å². The van der Waals surface area contributed by atoms with Crippen molar-refractivity contribution in [1.82, 2.24) is 10.9 Å². The van der Waals surface area contributed by atoms with E-state index in [4.69, 9.17) is 29.0 Å². The van der Waals surface area contributed by atoms with Gasteiger partial charge in [0.05, 0.1) is 6.61 Å². The molecule has 0 unspecified atom stereocenters. The average molecular weight is 700 g/mol. The van der Waals surface area contributed by atoms with Crippen molar-refractivity contribution < 1.29 is 28.8 Å². The predicted molar refractivity (Wildman–Crippen MR) is 177 cm³/mol. The number of aliphatic imine (C=N–C) groups is 1. The number of amides is 1. The molecular weight excluding hydrogens is 668 g/mol. The Bertz CT molecular complexity index is 1830. The minimum Gasteiger partial charge on any atom is -0.494 e. The van der Waals surface area contributed by atoms with Crippen molar-refractivity contribution in [3.8, 4) is 17.2 Å². The lowest BCUT2D eigenvalue weighted by Gasteiger charge is -2.31. The lowest BCUT2D eigenvalue weighted by atomic mass is 9.81. The molecule has 0 aliphatic carbocycles. The van der Waals surface area contributed by atoms with Gasteiger partial charge in [-0.3, -0.25) is 10.2 Å². The number of nitrogens with one attached hydrogen (secondary N) is 2. The highest BCUT2D eigenvalue weighted by Gasteiger charge is 2.54. The molecule has 0 aromatic heterocycles. The maximum atomic E-state index is 14.5. The van der Waals surface area contributed by atoms with Crippen molar-refractivity contribution in [3.63, 3.8) is 0 Å². The van der Waals surface area contributed by atoms with E-state index in [2.05, 4.69) is 36.8 Å². The number of ether oxygens (including phenoxy) is 4. The molecule has 6 rings (SSSR count). The molecule has 13 heteroatoms. The Balaban J connectivity index is 1.38. The second kappa shape index (κ2) is 14.6. The summed E-state index contributed by atoms with van der Waals surface area (Å²) in [5, 5.41) is 13.0. The second-order valence-corrected chi connectivity index (χ2v) is 11.7. The lowest BCUT2D eigenvalue weighted by Crippen LogP contribution is -2.53. The number of azide groups is 1. The first kappa shape index (κ1) is 31.9. The predicted octanol–water partition coefficient (Wildman–Crippen LogP) is 6.20. The Morgan fingerprint density at radius 3 is 2.66 bits per heavy atom. The number of nitrogens with zero attached hydrogens (tertiary/aromatic N) is 4. The van der Waals surface area contributed by atoms with E-state index in [1.807, 2.05) is 66.7 Å². The molecule has 4 aromatic rings. The molecule has 4 aromatic carbocycles. The molecule has 2 atom stereocenters. The zero-order valence-corrected chi connectivity index (χ0v) is 26.7. The molecule has 0 saturated carbocycles. The smallest absolute Gasteiger partial charge is 0.266 e. The number of fused-ring (bicyclic) bond motifs is 1. The number of hydrogen-bond donors (Lipinski definition) is 3. The fraction of sp³-hybridized carbons (Fsp3) is 0.235. The van der Waals surface area contributed by atoms with Gasteiger partial charge in [0.2, 0.25) is 12.7 Å². The summed E-state index contributed by atoms with van der Waals surface area (Å²) in [4.78, 5) is 22.6. The molecular formula is C34H31BrN6O6. The monoisotopic (exact) mass is 698 g/mol. The highest BCUT2D eigenvalue weighted by molar-refractivity contribution is 9.10. The van der Waals surface area contributed by atoms with E-state index in [-0.39, 0.29) is 25.7 Å². The summed E-state index contributed by atoms with van der Waals surface area (Å²) in [6, 6.07) is 27.3. The first-order chi connectivity index (χ1) is 23.0. The summed E-state index contributed by atoms with van der Waals surface area (Å²) in [6.07, 6.45) is -0.305. The van der Waals surface area contributed by atoms with E-state index >= 15 is 0 Å². The maximum absolute atomic E-state index is 14.5. The van der Waals surface area contributed by atoms with Crippen LogP contribution in [0.3, 0.4) is 0 Å². The van der Waals surface area contributed by atoms with Crippen LogP contribution in [0.25, 0.3) is 10.4 Å². The van der Waals surface area contributed by atoms with E-state index in [9.17, 15) is 10.3 Å². The van der Waals surface area contributed by atoms with Crippen LogP contribution in [0.5, 0.6) is 17.2 Å². The van der Waals surface area contributed by atoms with Crippen molar-refractivity contribution >= 4 is 33.4 Å². The number of aliphatic hydroxyl groups is 1. The number of hydrogen-bond acceptors (Lipinski definition) is 9. The summed E-state index contributed by atoms with van der Waals surface area (Å²) in [5.41, 5.74) is 16.9. The van der Waals surface area contributed by atoms with Crippen LogP contribution in [0.1, 0.15) is 34.8 Å². The van der Waals surface area contributed by atoms with Crippen LogP contribution in [-0.2, 0) is 22.5 Å². The molecule has 0 bridgehead atoms. The molecule has 0 spiro atoms. The molecule has 0 saturated heterocycles. The van der Waals surface area contributed by atoms with Gasteiger partial charge in [0.1, 0.15) is 5.75 Å². The van der Waals surface area contributed by atoms with Crippen molar-refractivity contribution in [1.29, 1.82) is 0 Å². The summed E-state index contributed by atoms with van der Waals surface area (Å²) < 4.78 is 23.9. The molecule has 0 radical (unpaired) electrons. The van der Waals surface area contributed by atoms with Gasteiger partial charge in [-0.25, -0.2) is 10.4 Å². The summed E-state index contributed by atoms with van der Waals surface area (Å²) in [6.45, 7) is 0.879. The van der Waals surface area contributed by atoms with E-state index in [1.54, 1.807) is 24.3 Å². The van der Waals surface area contributed by atoms with Gasteiger partial charge < -0.3 is 24.1 Å². The molecule has 3 N–H and O–H groups in total. The van der Waals surface area contributed by atoms with Crippen LogP contribution >= 0.6 is 15.9 Å². The molecule has 2 aliphatic rings. The maximum Gasteiger partial charge on any atom is 0.266 e. The van der Waals surface area contributed by atoms with E-state index in [0.717, 1.165) is 10.0 Å². The lowest BCUT2D eigenvalue weighted by molar-refractivity contribution is -0.130. The molecule has 47 heavy (non-hydrogen) atoms. The van der Waals surface area contributed by atoms with Crippen molar-refractivity contribution in [2.75, 3.05) is 20.0 Å². The van der Waals surface area contributed by atoms with Gasteiger partial charge in [-0.2, -0.15) is 0 Å². The third-order valence-corrected chi connectivity index (χ3v) is 8.48. The highest BCUT2D eigenvalue weighted by Crippen LogP contribution is 2.45. The molecule has 2 heterocycles. The Morgan fingerprint density at radius 2 is 1.85 bits per heavy atom. The van der Waals surface area contributed by atoms with Gasteiger partial charge in [0.25, 0.3) is 5.91 Å². The zero-order valence-electron chi connectivity index (χ0n) is 25.1. The van der Waals surface area contributed by atoms with Gasteiger partial charge in [-0.15, -0.1) is 0 Å². The zero-order chi connectivity index (χ0) is 32.6. The third kappa shape index (κ3) is 7.03. The Labute approximate surface area is 279 Å². The van der Waals surface area contributed by atoms with Crippen LogP contribution in [0.2, 0.25) is 0 Å². The van der Waals surface area contributed by atoms with Crippen LogP contribution in [-0.4, -0.2) is 42.5 Å². The normalized spacial score (nSPS) is 17.7. The van der Waals surface area contributed by atoms with E-state index < -0.39 is 17.6 Å². The second-order valence-electron chi connectivity index (χ2n) is 10.8. The summed E-state index contributed by atoms with van der Waals surface area (Å²) in [5.74, 6) is 1.75. The number of hydrazine groups is 1. The molecule has 240 valence electrons. The number of carbonyl (C=O) groups excluding carboxylic acids is 1. The van der Waals surface area contributed by atoms with Gasteiger partial charge in [-0.05, 0) is 59.1 Å². The minimum absolute atomic E-state index is 0.0394. The van der Waals surface area contributed by atoms with Gasteiger partial charge in [0, 0.05) is 52.2 Å². The molecule has 0 fully saturated rings. The third-order valence-electron chi connectivity index (χ3n) is 7.75. The standard InChI is InChI=1S/C34H31BrN6O6/c35-27-8-3-2-7-26(27)31-34(19-24-6-1-4-9-28(24)39-41-36,33(43)40-37-20-22-10-15-29-30(18-22)46-21-45-29)38-32(47-31)23-11-13-25(14-12-23)44-17-5-16-42/h1-4,6-15,18,31,37,42H,5,16-17,19-21H2,(H,40,43)/t31-,34-/m0/s1. The number of rotatable bonds is 13. The SMILES string of the molecule is [N-]=[N+]=Nc1ccccc1C[C@]1(C(=O)NNCc2ccc3c(c2)OCO3)N=C(c2ccc(OCCCO)cc2)O[C@H]1c1ccccc1Br. The topological polar surface area (TPSA) is 159 Å². The molecule has 2 aliphatic heterocycles. The van der Waals surface area contributed by atoms with Crippen LogP contribution < -0.4 is 25.1 Å². The number of halogens is 1. The minimum atomic E-state index is -1.54. The van der Waals surface area contributed by atoms with Gasteiger partial charge in [0.15, 0.2) is 23.1 Å². The van der Waals surface area contributed by atoms with E-state index in [0.29, 0.717) is 59.2 Å². The molecule has 1 amide bonds. The van der Waals surface area contributed by atoms with Crippen LogP contribution in [0, 0.1) is 0 Å². The number of carbonyl (C=O) groups is 1. The van der Waals surface area contributed by atoms with Crippen molar-refractivity contribution in [3.05, 3.63) is 128 Å². The Kier molecular flexibility index (Phi) is 9.89. The van der Waals surface area contributed by atoms with Gasteiger partial charge >= 0.3 is 0 Å². The fourth-order valence-electron chi connectivity index (χ4n) is 5.43. The molecule has 12 nitrogen and oxygen atoms in total. The van der Waals surface area contributed by atoms with Gasteiger partial charge in [-0.1, -0.05) is 69.6 Å². The van der Waals surface area contributed by atoms with Crippen LogP contribution in [0.15, 0.2) is 106 Å². The Morgan fingerprint density at radius 1 is 1.06 bits per heavy atom. The average Bonchev–Trinajstić information content (AvgIpc) is 3.72. The number of benzene rings is 4. The van der Waals surface area contributed by atoms with Crippen molar-refractivity contribution in [2.24, 2.45) is 10.1 Å². The first-order valence-electron chi connectivity index (χ1n) is 14.9. The Hall–Kier alpha value is -5.07. The first-order valence-corrected chi connectivity index (χ1v) is 15.7. The summed E-state index contributed by atoms with van der Waals surface area (Å²) in [7, 11) is 0. The largest absolute Gasteiger partial charge is 0.494 e. The number of aliphatic hydroxyl groups excluding tert-OH is 1. The highest BCUT2D eigenvalue weighted by atomic mass is 79.9. The van der Waals surface area contributed by atoms with Crippen LogP contribution in [0.4, 0.5) is 5.69 Å². The fourth-order valence-corrected chi connectivity index (χ4v) is 5.92. The quantitative estimate of drug-likeness (QED) is 0.0493. The summed E-state index contributed by atoms with van der Waals surface area (Å²) >= 11 is 3.65.